The highest BCUT2D eigenvalue weighted by molar-refractivity contribution is 6.06. The molecule has 0 aliphatic heterocycles. The molecule has 0 saturated heterocycles. The van der Waals surface area contributed by atoms with E-state index in [0.29, 0.717) is 22.2 Å². The number of amides is 1. The Hall–Kier alpha value is -3.28. The van der Waals surface area contributed by atoms with Crippen LogP contribution in [0.1, 0.15) is 32.0 Å². The molecule has 5 nitrogen and oxygen atoms in total. The first-order chi connectivity index (χ1) is 11.9. The van der Waals surface area contributed by atoms with Crippen LogP contribution in [0.5, 0.6) is 0 Å². The van der Waals surface area contributed by atoms with Crippen LogP contribution in [0.3, 0.4) is 0 Å². The van der Waals surface area contributed by atoms with Gasteiger partial charge >= 0.3 is 5.97 Å². The Kier molecular flexibility index (Phi) is 4.43. The van der Waals surface area contributed by atoms with Crippen molar-refractivity contribution in [1.82, 2.24) is 10.3 Å². The minimum atomic E-state index is -1.00. The summed E-state index contributed by atoms with van der Waals surface area (Å²) in [6.07, 6.45) is 0. The number of fused-ring (bicyclic) bond motifs is 1. The second-order valence-corrected chi connectivity index (χ2v) is 5.66. The van der Waals surface area contributed by atoms with E-state index in [0.717, 1.165) is 5.56 Å². The number of aryl methyl sites for hydroxylation is 1. The highest BCUT2D eigenvalue weighted by atomic mass is 19.1. The van der Waals surface area contributed by atoms with Crippen LogP contribution in [-0.2, 0) is 6.54 Å². The Morgan fingerprint density at radius 2 is 1.84 bits per heavy atom. The Balaban J connectivity index is 1.82. The predicted octanol–water partition coefficient (Wildman–Crippen LogP) is 3.31. The first-order valence-corrected chi connectivity index (χ1v) is 7.61. The van der Waals surface area contributed by atoms with Gasteiger partial charge in [-0.2, -0.15) is 0 Å². The molecular formula is C19H15FN2O3. The quantitative estimate of drug-likeness (QED) is 0.765. The molecule has 1 amide bonds. The highest BCUT2D eigenvalue weighted by Crippen LogP contribution is 2.20. The van der Waals surface area contributed by atoms with E-state index in [2.05, 4.69) is 10.3 Å². The zero-order valence-corrected chi connectivity index (χ0v) is 13.4. The maximum Gasteiger partial charge on any atom is 0.335 e. The smallest absolute Gasteiger partial charge is 0.335 e. The lowest BCUT2D eigenvalue weighted by Gasteiger charge is -2.09. The van der Waals surface area contributed by atoms with Gasteiger partial charge in [-0.15, -0.1) is 0 Å². The van der Waals surface area contributed by atoms with Gasteiger partial charge in [0.2, 0.25) is 0 Å². The van der Waals surface area contributed by atoms with E-state index in [1.54, 1.807) is 31.2 Å². The molecule has 3 rings (SSSR count). The monoisotopic (exact) mass is 338 g/mol. The lowest BCUT2D eigenvalue weighted by molar-refractivity contribution is 0.0696. The summed E-state index contributed by atoms with van der Waals surface area (Å²) in [6, 6.07) is 12.0. The molecular weight excluding hydrogens is 323 g/mol. The average Bonchev–Trinajstić information content (AvgIpc) is 2.59. The van der Waals surface area contributed by atoms with E-state index in [1.165, 1.54) is 24.3 Å². The van der Waals surface area contributed by atoms with Crippen molar-refractivity contribution in [3.8, 4) is 0 Å². The van der Waals surface area contributed by atoms with E-state index in [-0.39, 0.29) is 18.0 Å². The van der Waals surface area contributed by atoms with Crippen molar-refractivity contribution >= 4 is 22.8 Å². The zero-order chi connectivity index (χ0) is 18.0. The van der Waals surface area contributed by atoms with Crippen molar-refractivity contribution in [3.05, 3.63) is 76.7 Å². The van der Waals surface area contributed by atoms with Crippen LogP contribution in [0.15, 0.2) is 48.5 Å². The van der Waals surface area contributed by atoms with Crippen molar-refractivity contribution in [1.29, 1.82) is 0 Å². The van der Waals surface area contributed by atoms with Gasteiger partial charge in [0.25, 0.3) is 5.91 Å². The number of aromatic carboxylic acids is 1. The van der Waals surface area contributed by atoms with Gasteiger partial charge in [-0.3, -0.25) is 9.78 Å². The third kappa shape index (κ3) is 3.63. The van der Waals surface area contributed by atoms with Crippen LogP contribution >= 0.6 is 0 Å². The molecule has 6 heteroatoms. The molecule has 0 fully saturated rings. The molecule has 3 aromatic rings. The van der Waals surface area contributed by atoms with Crippen molar-refractivity contribution in [2.75, 3.05) is 0 Å². The van der Waals surface area contributed by atoms with Gasteiger partial charge in [-0.05, 0) is 48.9 Å². The predicted molar refractivity (Wildman–Crippen MR) is 91.0 cm³/mol. The van der Waals surface area contributed by atoms with Gasteiger partial charge in [0, 0.05) is 17.6 Å². The SMILES string of the molecule is Cc1cc(C(=O)NCc2ccc(C(=O)O)cc2)c2cc(F)ccc2n1. The third-order valence-corrected chi connectivity index (χ3v) is 3.80. The number of nitrogens with one attached hydrogen (secondary N) is 1. The molecule has 0 atom stereocenters. The number of halogens is 1. The van der Waals surface area contributed by atoms with Crippen LogP contribution in [0.2, 0.25) is 0 Å². The first kappa shape index (κ1) is 16.6. The van der Waals surface area contributed by atoms with Gasteiger partial charge in [0.1, 0.15) is 5.82 Å². The molecule has 25 heavy (non-hydrogen) atoms. The van der Waals surface area contributed by atoms with E-state index >= 15 is 0 Å². The fourth-order valence-electron chi connectivity index (χ4n) is 2.56. The molecule has 1 heterocycles. The minimum absolute atomic E-state index is 0.182. The van der Waals surface area contributed by atoms with Crippen LogP contribution in [-0.4, -0.2) is 22.0 Å². The molecule has 0 saturated carbocycles. The summed E-state index contributed by atoms with van der Waals surface area (Å²) in [5.74, 6) is -1.78. The van der Waals surface area contributed by atoms with Crippen LogP contribution in [0.4, 0.5) is 4.39 Å². The van der Waals surface area contributed by atoms with Crippen LogP contribution < -0.4 is 5.32 Å². The second kappa shape index (κ2) is 6.68. The Bertz CT molecular complexity index is 968. The molecule has 0 spiro atoms. The van der Waals surface area contributed by atoms with Crippen molar-refractivity contribution in [2.24, 2.45) is 0 Å². The van der Waals surface area contributed by atoms with Crippen molar-refractivity contribution < 1.29 is 19.1 Å². The first-order valence-electron chi connectivity index (χ1n) is 7.61. The third-order valence-electron chi connectivity index (χ3n) is 3.80. The standard InChI is InChI=1S/C19H15FN2O3/c1-11-8-16(15-9-14(20)6-7-17(15)22-11)18(23)21-10-12-2-4-13(5-3-12)19(24)25/h2-9H,10H2,1H3,(H,21,23)(H,24,25). The summed E-state index contributed by atoms with van der Waals surface area (Å²) in [5.41, 5.74) is 2.51. The molecule has 0 unspecified atom stereocenters. The molecule has 2 N–H and O–H groups in total. The Morgan fingerprint density at radius 3 is 2.52 bits per heavy atom. The topological polar surface area (TPSA) is 79.3 Å². The molecule has 2 aromatic carbocycles. The van der Waals surface area contributed by atoms with E-state index < -0.39 is 11.8 Å². The number of carboxylic acids is 1. The van der Waals surface area contributed by atoms with Crippen LogP contribution in [0.25, 0.3) is 10.9 Å². The average molecular weight is 338 g/mol. The second-order valence-electron chi connectivity index (χ2n) is 5.66. The number of hydrogen-bond donors (Lipinski definition) is 2. The summed E-state index contributed by atoms with van der Waals surface area (Å²) in [7, 11) is 0. The van der Waals surface area contributed by atoms with Crippen molar-refractivity contribution in [2.45, 2.75) is 13.5 Å². The number of carbonyl (C=O) groups excluding carboxylic acids is 1. The molecule has 126 valence electrons. The molecule has 0 aliphatic rings. The maximum absolute atomic E-state index is 13.5. The zero-order valence-electron chi connectivity index (χ0n) is 13.4. The maximum atomic E-state index is 13.5. The van der Waals surface area contributed by atoms with Gasteiger partial charge in [-0.1, -0.05) is 12.1 Å². The summed E-state index contributed by atoms with van der Waals surface area (Å²) in [6.45, 7) is 2.00. The number of benzene rings is 2. The van der Waals surface area contributed by atoms with Gasteiger partial charge in [0.15, 0.2) is 0 Å². The van der Waals surface area contributed by atoms with E-state index in [4.69, 9.17) is 5.11 Å². The largest absolute Gasteiger partial charge is 0.478 e. The van der Waals surface area contributed by atoms with E-state index in [9.17, 15) is 14.0 Å². The lowest BCUT2D eigenvalue weighted by atomic mass is 10.1. The van der Waals surface area contributed by atoms with E-state index in [1.807, 2.05) is 0 Å². The fraction of sp³-hybridized carbons (Fsp3) is 0.105. The number of pyridine rings is 1. The number of carbonyl (C=O) groups is 2. The number of carboxylic acid groups (broad SMARTS) is 1. The Morgan fingerprint density at radius 1 is 1.12 bits per heavy atom. The summed E-state index contributed by atoms with van der Waals surface area (Å²) >= 11 is 0. The number of aromatic nitrogens is 1. The highest BCUT2D eigenvalue weighted by Gasteiger charge is 2.13. The van der Waals surface area contributed by atoms with Gasteiger partial charge in [-0.25, -0.2) is 9.18 Å². The summed E-state index contributed by atoms with van der Waals surface area (Å²) < 4.78 is 13.5. The molecule has 0 aliphatic carbocycles. The number of rotatable bonds is 4. The van der Waals surface area contributed by atoms with Crippen molar-refractivity contribution in [3.63, 3.8) is 0 Å². The van der Waals surface area contributed by atoms with Gasteiger partial charge < -0.3 is 10.4 Å². The number of hydrogen-bond acceptors (Lipinski definition) is 3. The molecule has 0 bridgehead atoms. The molecule has 1 aromatic heterocycles. The summed E-state index contributed by atoms with van der Waals surface area (Å²) in [4.78, 5) is 27.7. The minimum Gasteiger partial charge on any atom is -0.478 e. The Labute approximate surface area is 143 Å². The fourth-order valence-corrected chi connectivity index (χ4v) is 2.56. The normalized spacial score (nSPS) is 10.6. The van der Waals surface area contributed by atoms with Gasteiger partial charge in [0.05, 0.1) is 16.6 Å². The van der Waals surface area contributed by atoms with Crippen LogP contribution in [0, 0.1) is 12.7 Å². The number of nitrogens with zero attached hydrogens (tertiary/aromatic N) is 1. The summed E-state index contributed by atoms with van der Waals surface area (Å²) in [5, 5.41) is 12.1. The lowest BCUT2D eigenvalue weighted by Crippen LogP contribution is -2.23. The molecule has 0 radical (unpaired) electrons.